The van der Waals surface area contributed by atoms with Gasteiger partial charge in [0.05, 0.1) is 34.5 Å². The first-order valence-corrected chi connectivity index (χ1v) is 9.87. The number of aryl methyl sites for hydroxylation is 1. The Morgan fingerprint density at radius 3 is 2.72 bits per heavy atom. The third-order valence-corrected chi connectivity index (χ3v) is 5.24. The van der Waals surface area contributed by atoms with Gasteiger partial charge in [0.2, 0.25) is 0 Å². The second kappa shape index (κ2) is 10.4. The van der Waals surface area contributed by atoms with Gasteiger partial charge in [-0.2, -0.15) is 0 Å². The maximum atomic E-state index is 12.7. The number of nitrogens with zero attached hydrogens (tertiary/aromatic N) is 4. The maximum absolute atomic E-state index is 12.7. The zero-order chi connectivity index (χ0) is 20.3. The summed E-state index contributed by atoms with van der Waals surface area (Å²) in [7, 11) is 0.00143. The Morgan fingerprint density at radius 2 is 2.07 bits per heavy atom. The van der Waals surface area contributed by atoms with Gasteiger partial charge in [-0.25, -0.2) is 8.78 Å². The molecule has 150 valence electrons. The minimum atomic E-state index is -2.60. The molecule has 0 amide bonds. The number of hydrogen-bond acceptors (Lipinski definition) is 6. The molecule has 0 saturated heterocycles. The summed E-state index contributed by atoms with van der Waals surface area (Å²) in [6.45, 7) is 2.94. The van der Waals surface area contributed by atoms with E-state index in [4.69, 9.17) is 9.47 Å². The topological polar surface area (TPSA) is 88.3 Å². The molecule has 3 aromatic rings. The van der Waals surface area contributed by atoms with Crippen molar-refractivity contribution in [1.82, 2.24) is 19.9 Å². The third-order valence-electron chi connectivity index (χ3n) is 4.12. The average molecular weight is 432 g/mol. The Labute approximate surface area is 191 Å². The molecule has 0 aliphatic carbocycles. The van der Waals surface area contributed by atoms with Crippen molar-refractivity contribution in [3.05, 3.63) is 35.2 Å². The quantitative estimate of drug-likeness (QED) is 0.456. The largest absolute Gasteiger partial charge is 1.00 e. The third kappa shape index (κ3) is 5.50. The second-order valence-corrected chi connectivity index (χ2v) is 7.28. The number of pyridine rings is 2. The van der Waals surface area contributed by atoms with E-state index in [2.05, 4.69) is 19.9 Å². The molecule has 0 saturated carbocycles. The summed E-state index contributed by atoms with van der Waals surface area (Å²) in [5, 5.41) is 0.111. The molecule has 0 radical (unpaired) electrons. The van der Waals surface area contributed by atoms with Crippen molar-refractivity contribution in [1.29, 1.82) is 0 Å². The van der Waals surface area contributed by atoms with Gasteiger partial charge in [-0.1, -0.05) is 6.92 Å². The molecular weight excluding hydrogens is 413 g/mol. The van der Waals surface area contributed by atoms with E-state index in [1.54, 1.807) is 25.4 Å². The smallest absolute Gasteiger partial charge is 0.496 e. The van der Waals surface area contributed by atoms with Gasteiger partial charge in [-0.05, 0) is 31.0 Å². The standard InChI is InChI=1S/C18H19F2N4O3S.Na/c1-4-11-7-12-16(23-17(11)27-8-15(19)20)24-18(22-12)28(25)9-13-10(2)14(26-3)5-6-21-13;/h5-7,15H,4,8-9H2,1-3H3;/q-1;+1. The predicted octanol–water partition coefficient (Wildman–Crippen LogP) is -0.183. The predicted molar refractivity (Wildman–Crippen MR) is 99.4 cm³/mol. The van der Waals surface area contributed by atoms with Crippen LogP contribution in [0.3, 0.4) is 0 Å². The fourth-order valence-electron chi connectivity index (χ4n) is 2.64. The van der Waals surface area contributed by atoms with E-state index in [0.29, 0.717) is 28.9 Å². The summed E-state index contributed by atoms with van der Waals surface area (Å²) in [6.07, 6.45) is -0.489. The summed E-state index contributed by atoms with van der Waals surface area (Å²) in [6, 6.07) is 3.40. The number of aromatic nitrogens is 4. The van der Waals surface area contributed by atoms with Crippen LogP contribution < -0.4 is 44.0 Å². The van der Waals surface area contributed by atoms with Crippen molar-refractivity contribution in [3.8, 4) is 11.6 Å². The van der Waals surface area contributed by atoms with Gasteiger partial charge in [-0.15, -0.1) is 0 Å². The number of alkyl halides is 2. The van der Waals surface area contributed by atoms with Crippen LogP contribution in [0.4, 0.5) is 8.78 Å². The van der Waals surface area contributed by atoms with Crippen LogP contribution in [0.15, 0.2) is 23.5 Å². The molecule has 0 aliphatic heterocycles. The van der Waals surface area contributed by atoms with Gasteiger partial charge in [0, 0.05) is 22.9 Å². The minimum Gasteiger partial charge on any atom is -0.496 e. The molecule has 3 heterocycles. The Hall–Kier alpha value is -1.62. The maximum Gasteiger partial charge on any atom is 1.00 e. The monoisotopic (exact) mass is 432 g/mol. The molecule has 29 heavy (non-hydrogen) atoms. The molecule has 0 fully saturated rings. The van der Waals surface area contributed by atoms with Crippen LogP contribution in [0.2, 0.25) is 0 Å². The number of rotatable bonds is 8. The second-order valence-electron chi connectivity index (χ2n) is 5.93. The van der Waals surface area contributed by atoms with Gasteiger partial charge in [0.15, 0.2) is 0 Å². The van der Waals surface area contributed by atoms with Crippen LogP contribution in [0, 0.1) is 6.92 Å². The molecule has 7 nitrogen and oxygen atoms in total. The minimum absolute atomic E-state index is 0. The Morgan fingerprint density at radius 1 is 1.31 bits per heavy atom. The van der Waals surface area contributed by atoms with Crippen molar-refractivity contribution >= 4 is 22.0 Å². The molecule has 0 aromatic carbocycles. The fourth-order valence-corrected chi connectivity index (χ4v) is 3.69. The Bertz CT molecular complexity index is 1020. The molecule has 0 N–H and O–H groups in total. The normalized spacial score (nSPS) is 12.1. The number of imidazole rings is 1. The van der Waals surface area contributed by atoms with Crippen LogP contribution in [-0.2, 0) is 23.0 Å². The fraction of sp³-hybridized carbons (Fsp3) is 0.389. The zero-order valence-corrected chi connectivity index (χ0v) is 19.4. The van der Waals surface area contributed by atoms with Gasteiger partial charge in [0.25, 0.3) is 6.43 Å². The van der Waals surface area contributed by atoms with Crippen LogP contribution in [0.25, 0.3) is 11.2 Å². The number of hydrogen-bond donors (Lipinski definition) is 0. The first-order chi connectivity index (χ1) is 13.4. The van der Waals surface area contributed by atoms with E-state index < -0.39 is 23.8 Å². The number of methoxy groups -OCH3 is 1. The van der Waals surface area contributed by atoms with E-state index >= 15 is 0 Å². The van der Waals surface area contributed by atoms with Gasteiger partial charge < -0.3 is 24.4 Å². The summed E-state index contributed by atoms with van der Waals surface area (Å²) in [4.78, 5) is 16.9. The van der Waals surface area contributed by atoms with E-state index in [9.17, 15) is 13.0 Å². The average Bonchev–Trinajstić information content (AvgIpc) is 3.10. The van der Waals surface area contributed by atoms with Crippen molar-refractivity contribution < 1.29 is 52.0 Å². The molecular formula is C18H19F2N4NaO3S. The van der Waals surface area contributed by atoms with E-state index in [0.717, 1.165) is 5.56 Å². The van der Waals surface area contributed by atoms with Crippen LogP contribution >= 0.6 is 0 Å². The summed E-state index contributed by atoms with van der Waals surface area (Å²) in [5.41, 5.74) is 2.70. The Balaban J connectivity index is 0.00000300. The first kappa shape index (κ1) is 23.7. The van der Waals surface area contributed by atoms with Gasteiger partial charge in [-0.3, -0.25) is 9.19 Å². The number of ether oxygens (including phenoxy) is 2. The van der Waals surface area contributed by atoms with E-state index in [1.165, 1.54) is 0 Å². The first-order valence-electron chi connectivity index (χ1n) is 8.55. The van der Waals surface area contributed by atoms with Crippen molar-refractivity contribution in [2.24, 2.45) is 0 Å². The summed E-state index contributed by atoms with van der Waals surface area (Å²) < 4.78 is 47.9. The van der Waals surface area contributed by atoms with Gasteiger partial charge in [0.1, 0.15) is 18.2 Å². The van der Waals surface area contributed by atoms with E-state index in [-0.39, 0.29) is 52.0 Å². The van der Waals surface area contributed by atoms with Crippen LogP contribution in [0.1, 0.15) is 23.7 Å². The summed E-state index contributed by atoms with van der Waals surface area (Å²) >= 11 is 0. The molecule has 0 spiro atoms. The Kier molecular flexibility index (Phi) is 8.50. The molecule has 11 heteroatoms. The summed E-state index contributed by atoms with van der Waals surface area (Å²) in [5.74, 6) is 0.873. The van der Waals surface area contributed by atoms with Crippen molar-refractivity contribution in [3.63, 3.8) is 0 Å². The molecule has 3 aromatic heterocycles. The van der Waals surface area contributed by atoms with Crippen LogP contribution in [0.5, 0.6) is 11.6 Å². The molecule has 3 rings (SSSR count). The molecule has 0 bridgehead atoms. The molecule has 1 unspecified atom stereocenters. The number of halogens is 2. The zero-order valence-electron chi connectivity index (χ0n) is 16.6. The van der Waals surface area contributed by atoms with Crippen molar-refractivity contribution in [2.75, 3.05) is 13.7 Å². The molecule has 1 atom stereocenters. The van der Waals surface area contributed by atoms with Gasteiger partial charge >= 0.3 is 29.6 Å². The molecule has 0 aliphatic rings. The van der Waals surface area contributed by atoms with E-state index in [1.807, 2.05) is 13.8 Å². The van der Waals surface area contributed by atoms with Crippen molar-refractivity contribution in [2.45, 2.75) is 37.6 Å². The SMILES string of the molecule is CCc1cc2nc(S(=O)Cc3nccc(OC)c3C)[n-]c2nc1OCC(F)F.[Na+]. The number of fused-ring (bicyclic) bond motifs is 1. The van der Waals surface area contributed by atoms with Crippen LogP contribution in [-0.4, -0.2) is 39.3 Å².